The zero-order chi connectivity index (χ0) is 40.1. The van der Waals surface area contributed by atoms with Gasteiger partial charge in [-0.15, -0.1) is 0 Å². The van der Waals surface area contributed by atoms with E-state index in [2.05, 4.69) is 6.92 Å². The number of ether oxygens (including phenoxy) is 4. The molecule has 5 saturated carbocycles. The molecule has 6 aliphatic rings. The Balaban J connectivity index is 0.000000223. The van der Waals surface area contributed by atoms with Gasteiger partial charge in [-0.25, -0.2) is 9.93 Å². The highest BCUT2D eigenvalue weighted by Gasteiger charge is 2.62. The fourth-order valence-electron chi connectivity index (χ4n) is 8.26. The maximum atomic E-state index is 12.6. The van der Waals surface area contributed by atoms with Gasteiger partial charge < -0.3 is 18.9 Å². The number of carbonyl (C=O) groups excluding carboxylic acids is 4. The van der Waals surface area contributed by atoms with E-state index in [1.54, 1.807) is 13.8 Å². The van der Waals surface area contributed by atoms with Gasteiger partial charge in [0, 0.05) is 12.8 Å². The summed E-state index contributed by atoms with van der Waals surface area (Å²) >= 11 is 0. The van der Waals surface area contributed by atoms with Gasteiger partial charge in [0.25, 0.3) is 0 Å². The highest BCUT2D eigenvalue weighted by molar-refractivity contribution is 7.84. The van der Waals surface area contributed by atoms with Crippen molar-refractivity contribution in [2.45, 2.75) is 195 Å². The van der Waals surface area contributed by atoms with Gasteiger partial charge in [-0.2, -0.15) is 8.42 Å². The highest BCUT2D eigenvalue weighted by atomic mass is 32.2. The molecule has 306 valence electrons. The molecule has 53 heavy (non-hydrogen) atoms. The summed E-state index contributed by atoms with van der Waals surface area (Å²) in [6, 6.07) is 0. The van der Waals surface area contributed by atoms with Crippen molar-refractivity contribution >= 4 is 34.2 Å². The Hall–Kier alpha value is -2.25. The predicted molar refractivity (Wildman–Crippen MR) is 200 cm³/mol. The lowest BCUT2D eigenvalue weighted by atomic mass is 9.52. The predicted octanol–water partition coefficient (Wildman–Crippen LogP) is 7.64. The lowest BCUT2D eigenvalue weighted by Gasteiger charge is -2.60. The van der Waals surface area contributed by atoms with Crippen molar-refractivity contribution in [3.05, 3.63) is 0 Å². The molecule has 6 fully saturated rings. The van der Waals surface area contributed by atoms with Crippen LogP contribution in [0.5, 0.6) is 0 Å². The first-order chi connectivity index (χ1) is 24.4. The van der Waals surface area contributed by atoms with Gasteiger partial charge in [-0.1, -0.05) is 34.1 Å². The topological polar surface area (TPSA) is 175 Å². The summed E-state index contributed by atoms with van der Waals surface area (Å²) in [5.74, 6) is -0.286. The number of nitrogens with two attached hydrogens (primary N) is 1. The summed E-state index contributed by atoms with van der Waals surface area (Å²) in [5.41, 5.74) is -2.91. The first kappa shape index (κ1) is 45.1. The van der Waals surface area contributed by atoms with Crippen LogP contribution in [0.25, 0.3) is 0 Å². The number of rotatable bonds is 12. The quantitative estimate of drug-likeness (QED) is 0.153. The summed E-state index contributed by atoms with van der Waals surface area (Å²) in [6.07, 6.45) is 13.3. The van der Waals surface area contributed by atoms with E-state index in [4.69, 9.17) is 28.3 Å². The number of esters is 4. The SMILES string of the molecule is CCC(C)(C)C(=O)OC12CC3CC(C1)CC(OS(N)(=O)=O)(C3)C2.CCC(C)(C)C(=O)OC1CCOC1=O.CCC1(OC(=O)C(C)(C)CC)CCCCC1. The molecule has 1 heterocycles. The molecule has 1 saturated heterocycles. The summed E-state index contributed by atoms with van der Waals surface area (Å²) in [7, 11) is -4.02. The molecular weight excluding hydrogens is 703 g/mol. The van der Waals surface area contributed by atoms with Gasteiger partial charge in [-0.3, -0.25) is 18.6 Å². The van der Waals surface area contributed by atoms with Crippen LogP contribution in [-0.2, 0) is 52.6 Å². The van der Waals surface area contributed by atoms with Gasteiger partial charge in [0.15, 0.2) is 0 Å². The maximum Gasteiger partial charge on any atom is 0.347 e. The Bertz CT molecular complexity index is 1400. The normalized spacial score (nSPS) is 29.1. The minimum Gasteiger partial charge on any atom is -0.463 e. The average Bonchev–Trinajstić information content (AvgIpc) is 3.47. The van der Waals surface area contributed by atoms with Crippen molar-refractivity contribution < 1.29 is 50.7 Å². The lowest BCUT2D eigenvalue weighted by Crippen LogP contribution is -2.62. The molecular formula is C40H69NO11S. The second-order valence-electron chi connectivity index (χ2n) is 18.3. The second-order valence-corrected chi connectivity index (χ2v) is 19.5. The molecule has 0 radical (unpaired) electrons. The molecule has 12 nitrogen and oxygen atoms in total. The lowest BCUT2D eigenvalue weighted by molar-refractivity contribution is -0.219. The molecule has 0 amide bonds. The van der Waals surface area contributed by atoms with E-state index >= 15 is 0 Å². The van der Waals surface area contributed by atoms with Crippen LogP contribution in [0, 0.1) is 28.1 Å². The minimum absolute atomic E-state index is 0.0150. The van der Waals surface area contributed by atoms with E-state index < -0.39 is 44.4 Å². The molecule has 4 bridgehead atoms. The molecule has 1 aliphatic heterocycles. The fraction of sp³-hybridized carbons (Fsp3) is 0.900. The van der Waals surface area contributed by atoms with Crippen molar-refractivity contribution in [2.75, 3.05) is 6.61 Å². The van der Waals surface area contributed by atoms with Crippen molar-refractivity contribution in [1.82, 2.24) is 0 Å². The molecule has 0 spiro atoms. The first-order valence-electron chi connectivity index (χ1n) is 20.0. The van der Waals surface area contributed by atoms with Crippen LogP contribution in [0.1, 0.15) is 172 Å². The molecule has 3 atom stereocenters. The Morgan fingerprint density at radius 2 is 1.23 bits per heavy atom. The number of cyclic esters (lactones) is 1. The van der Waals surface area contributed by atoms with Crippen molar-refractivity contribution in [1.29, 1.82) is 0 Å². The van der Waals surface area contributed by atoms with Crippen LogP contribution in [0.4, 0.5) is 0 Å². The molecule has 0 aromatic heterocycles. The third-order valence-electron chi connectivity index (χ3n) is 12.7. The number of hydrogen-bond acceptors (Lipinski definition) is 11. The highest BCUT2D eigenvalue weighted by Crippen LogP contribution is 2.60. The van der Waals surface area contributed by atoms with E-state index in [0.717, 1.165) is 44.9 Å². The standard InChI is InChI=1S/C16H27NO5S.C14H26O2.C10H16O4/c1-4-14(2,3)13(18)21-15-6-11-5-12(7-15)9-16(8-11,10-15)22-23(17,19)20;1-5-13(3,4)12(15)16-14(6-2)10-8-7-9-11-14;1-4-10(2,3)9(12)14-7-5-6-13-8(7)11/h11-12H,4-10H2,1-3H3,(H2,17,19,20);5-11H2,1-4H3;7H,4-6H2,1-3H3. The third kappa shape index (κ3) is 11.9. The van der Waals surface area contributed by atoms with Crippen LogP contribution in [0.2, 0.25) is 0 Å². The molecule has 3 unspecified atom stereocenters. The van der Waals surface area contributed by atoms with E-state index in [-0.39, 0.29) is 28.9 Å². The molecule has 0 aromatic carbocycles. The molecule has 0 aromatic rings. The Morgan fingerprint density at radius 1 is 0.755 bits per heavy atom. The number of carbonyl (C=O) groups is 4. The van der Waals surface area contributed by atoms with E-state index in [1.807, 2.05) is 48.5 Å². The van der Waals surface area contributed by atoms with E-state index in [9.17, 15) is 27.6 Å². The molecule has 5 aliphatic carbocycles. The fourth-order valence-corrected chi connectivity index (χ4v) is 8.95. The zero-order valence-corrected chi connectivity index (χ0v) is 35.0. The monoisotopic (exact) mass is 771 g/mol. The van der Waals surface area contributed by atoms with Gasteiger partial charge in [0.2, 0.25) is 6.10 Å². The smallest absolute Gasteiger partial charge is 0.347 e. The van der Waals surface area contributed by atoms with Crippen LogP contribution < -0.4 is 5.14 Å². The van der Waals surface area contributed by atoms with Crippen molar-refractivity contribution in [3.8, 4) is 0 Å². The van der Waals surface area contributed by atoms with Crippen LogP contribution in [-0.4, -0.2) is 61.8 Å². The largest absolute Gasteiger partial charge is 0.463 e. The first-order valence-corrected chi connectivity index (χ1v) is 21.4. The second kappa shape index (κ2) is 17.3. The summed E-state index contributed by atoms with van der Waals surface area (Å²) in [4.78, 5) is 47.3. The van der Waals surface area contributed by atoms with Gasteiger partial charge in [-0.05, 0) is 137 Å². The molecule has 2 N–H and O–H groups in total. The van der Waals surface area contributed by atoms with Crippen molar-refractivity contribution in [2.24, 2.45) is 33.2 Å². The summed E-state index contributed by atoms with van der Waals surface area (Å²) in [6.45, 7) is 19.7. The van der Waals surface area contributed by atoms with Gasteiger partial charge in [0.1, 0.15) is 11.2 Å². The number of hydrogen-bond donors (Lipinski definition) is 1. The van der Waals surface area contributed by atoms with Crippen molar-refractivity contribution in [3.63, 3.8) is 0 Å². The van der Waals surface area contributed by atoms with E-state index in [0.29, 0.717) is 57.0 Å². The van der Waals surface area contributed by atoms with Gasteiger partial charge in [0.05, 0.1) is 28.5 Å². The molecule has 6 rings (SSSR count). The van der Waals surface area contributed by atoms with Crippen LogP contribution in [0.15, 0.2) is 0 Å². The van der Waals surface area contributed by atoms with Gasteiger partial charge >= 0.3 is 34.2 Å². The van der Waals surface area contributed by atoms with E-state index in [1.165, 1.54) is 19.3 Å². The van der Waals surface area contributed by atoms with Crippen LogP contribution in [0.3, 0.4) is 0 Å². The molecule has 13 heteroatoms. The maximum absolute atomic E-state index is 12.6. The van der Waals surface area contributed by atoms with Crippen LogP contribution >= 0.6 is 0 Å². The Morgan fingerprint density at radius 3 is 1.66 bits per heavy atom. The third-order valence-corrected chi connectivity index (χ3v) is 13.3. The summed E-state index contributed by atoms with van der Waals surface area (Å²) < 4.78 is 49.9. The average molecular weight is 772 g/mol. The minimum atomic E-state index is -4.02. The Kier molecular flexibility index (Phi) is 14.7. The zero-order valence-electron chi connectivity index (χ0n) is 34.2. The Labute approximate surface area is 318 Å². The summed E-state index contributed by atoms with van der Waals surface area (Å²) in [5, 5.41) is 5.13.